The molecule has 3 rings (SSSR count). The molecule has 20 heavy (non-hydrogen) atoms. The topological polar surface area (TPSA) is 85.6 Å². The average molecular weight is 268 g/mol. The molecule has 1 aromatic carbocycles. The van der Waals surface area contributed by atoms with Crippen molar-refractivity contribution in [1.29, 1.82) is 5.26 Å². The molecule has 1 heterocycles. The minimum absolute atomic E-state index is 0.137. The van der Waals surface area contributed by atoms with Crippen molar-refractivity contribution >= 4 is 0 Å². The van der Waals surface area contributed by atoms with Crippen molar-refractivity contribution in [2.45, 2.75) is 36.7 Å². The third-order valence-electron chi connectivity index (χ3n) is 4.27. The van der Waals surface area contributed by atoms with Gasteiger partial charge in [0.2, 0.25) is 0 Å². The summed E-state index contributed by atoms with van der Waals surface area (Å²) in [5, 5.41) is 26.9. The van der Waals surface area contributed by atoms with Crippen LogP contribution in [0.15, 0.2) is 36.7 Å². The zero-order valence-electron chi connectivity index (χ0n) is 11.0. The summed E-state index contributed by atoms with van der Waals surface area (Å²) in [6.07, 6.45) is 2.75. The van der Waals surface area contributed by atoms with Crippen LogP contribution in [0.1, 0.15) is 36.6 Å². The Bertz CT molecular complexity index is 605. The number of H-pyrrole nitrogens is 1. The van der Waals surface area contributed by atoms with E-state index in [-0.39, 0.29) is 5.92 Å². The normalized spacial score (nSPS) is 29.8. The lowest BCUT2D eigenvalue weighted by atomic mass is 9.65. The van der Waals surface area contributed by atoms with Crippen LogP contribution in [-0.2, 0) is 5.41 Å². The lowest BCUT2D eigenvalue weighted by molar-refractivity contribution is 0.0610. The molecular formula is C15H16N4O. The van der Waals surface area contributed by atoms with Crippen molar-refractivity contribution in [3.8, 4) is 6.07 Å². The molecule has 0 spiro atoms. The molecule has 3 atom stereocenters. The van der Waals surface area contributed by atoms with Crippen molar-refractivity contribution in [3.63, 3.8) is 0 Å². The summed E-state index contributed by atoms with van der Waals surface area (Å²) in [6.45, 7) is 0. The highest BCUT2D eigenvalue weighted by molar-refractivity contribution is 5.35. The van der Waals surface area contributed by atoms with Crippen LogP contribution in [0, 0.1) is 11.3 Å². The molecule has 1 fully saturated rings. The number of aliphatic hydroxyl groups excluding tert-OH is 1. The standard InChI is InChI=1S/C15H16N4O/c16-9-15(12-4-2-1-3-5-12)7-6-11(8-13(15)20)14-17-10-18-19-14/h1-5,10-11,13,20H,6-8H2,(H,17,18,19). The molecule has 102 valence electrons. The van der Waals surface area contributed by atoms with Crippen LogP contribution in [0.5, 0.6) is 0 Å². The SMILES string of the molecule is N#CC1(c2ccccc2)CCC(c2ncn[nH]2)CC1O. The second-order valence-corrected chi connectivity index (χ2v) is 5.31. The van der Waals surface area contributed by atoms with Crippen molar-refractivity contribution in [2.75, 3.05) is 0 Å². The first-order chi connectivity index (χ1) is 9.76. The van der Waals surface area contributed by atoms with E-state index in [1.807, 2.05) is 30.3 Å². The monoisotopic (exact) mass is 268 g/mol. The van der Waals surface area contributed by atoms with Gasteiger partial charge in [0.25, 0.3) is 0 Å². The summed E-state index contributed by atoms with van der Waals surface area (Å²) in [5.41, 5.74) is 0.0867. The predicted octanol–water partition coefficient (Wildman–Crippen LogP) is 1.89. The average Bonchev–Trinajstić information content (AvgIpc) is 3.03. The number of hydrogen-bond acceptors (Lipinski definition) is 4. The van der Waals surface area contributed by atoms with Crippen LogP contribution in [0.25, 0.3) is 0 Å². The summed E-state index contributed by atoms with van der Waals surface area (Å²) in [5.74, 6) is 0.932. The van der Waals surface area contributed by atoms with Gasteiger partial charge < -0.3 is 5.11 Å². The van der Waals surface area contributed by atoms with Gasteiger partial charge in [-0.2, -0.15) is 10.4 Å². The van der Waals surface area contributed by atoms with E-state index in [0.717, 1.165) is 17.8 Å². The van der Waals surface area contributed by atoms with Crippen LogP contribution < -0.4 is 0 Å². The molecule has 2 N–H and O–H groups in total. The van der Waals surface area contributed by atoms with Gasteiger partial charge in [0.1, 0.15) is 17.6 Å². The van der Waals surface area contributed by atoms with E-state index < -0.39 is 11.5 Å². The van der Waals surface area contributed by atoms with E-state index in [0.29, 0.717) is 12.8 Å². The zero-order valence-corrected chi connectivity index (χ0v) is 11.0. The molecule has 5 heteroatoms. The van der Waals surface area contributed by atoms with Gasteiger partial charge >= 0.3 is 0 Å². The number of nitrogens with zero attached hydrogens (tertiary/aromatic N) is 3. The van der Waals surface area contributed by atoms with Crippen molar-refractivity contribution in [1.82, 2.24) is 15.2 Å². The summed E-state index contributed by atoms with van der Waals surface area (Å²) < 4.78 is 0. The largest absolute Gasteiger partial charge is 0.391 e. The van der Waals surface area contributed by atoms with Gasteiger partial charge in [-0.25, -0.2) is 4.98 Å². The van der Waals surface area contributed by atoms with Crippen molar-refractivity contribution in [3.05, 3.63) is 48.0 Å². The lowest BCUT2D eigenvalue weighted by Crippen LogP contribution is -2.43. The van der Waals surface area contributed by atoms with Gasteiger partial charge in [-0.3, -0.25) is 5.10 Å². The maximum atomic E-state index is 10.6. The highest BCUT2D eigenvalue weighted by atomic mass is 16.3. The number of nitrogens with one attached hydrogen (secondary N) is 1. The minimum atomic E-state index is -0.808. The van der Waals surface area contributed by atoms with E-state index in [1.165, 1.54) is 6.33 Å². The number of benzene rings is 1. The highest BCUT2D eigenvalue weighted by Crippen LogP contribution is 2.43. The number of aromatic amines is 1. The number of hydrogen-bond donors (Lipinski definition) is 2. The van der Waals surface area contributed by atoms with E-state index >= 15 is 0 Å². The Kier molecular flexibility index (Phi) is 3.25. The molecule has 0 bridgehead atoms. The molecule has 0 aliphatic heterocycles. The van der Waals surface area contributed by atoms with E-state index in [1.54, 1.807) is 0 Å². The van der Waals surface area contributed by atoms with Crippen LogP contribution in [-0.4, -0.2) is 26.4 Å². The third-order valence-corrected chi connectivity index (χ3v) is 4.27. The number of rotatable bonds is 2. The summed E-state index contributed by atoms with van der Waals surface area (Å²) in [4.78, 5) is 4.16. The minimum Gasteiger partial charge on any atom is -0.391 e. The highest BCUT2D eigenvalue weighted by Gasteiger charge is 2.45. The molecule has 1 aliphatic carbocycles. The Morgan fingerprint density at radius 2 is 2.15 bits per heavy atom. The van der Waals surface area contributed by atoms with Crippen molar-refractivity contribution < 1.29 is 5.11 Å². The molecule has 2 aromatic rings. The maximum Gasteiger partial charge on any atom is 0.137 e. The van der Waals surface area contributed by atoms with Gasteiger partial charge in [0.15, 0.2) is 0 Å². The van der Waals surface area contributed by atoms with Crippen molar-refractivity contribution in [2.24, 2.45) is 0 Å². The first kappa shape index (κ1) is 12.8. The quantitative estimate of drug-likeness (QED) is 0.871. The Hall–Kier alpha value is -2.19. The summed E-state index contributed by atoms with van der Waals surface area (Å²) in [6, 6.07) is 11.9. The number of aliphatic hydroxyl groups is 1. The molecule has 0 amide bonds. The van der Waals surface area contributed by atoms with Gasteiger partial charge in [-0.05, 0) is 24.8 Å². The fourth-order valence-electron chi connectivity index (χ4n) is 3.08. The second-order valence-electron chi connectivity index (χ2n) is 5.31. The first-order valence-corrected chi connectivity index (χ1v) is 6.76. The number of nitriles is 1. The van der Waals surface area contributed by atoms with Crippen LogP contribution in [0.3, 0.4) is 0 Å². The van der Waals surface area contributed by atoms with Gasteiger partial charge in [-0.1, -0.05) is 30.3 Å². The van der Waals surface area contributed by atoms with Gasteiger partial charge in [-0.15, -0.1) is 0 Å². The maximum absolute atomic E-state index is 10.6. The molecule has 3 unspecified atom stereocenters. The predicted molar refractivity (Wildman–Crippen MR) is 72.7 cm³/mol. The van der Waals surface area contributed by atoms with E-state index in [4.69, 9.17) is 0 Å². The Balaban J connectivity index is 1.88. The van der Waals surface area contributed by atoms with Crippen LogP contribution >= 0.6 is 0 Å². The lowest BCUT2D eigenvalue weighted by Gasteiger charge is -2.39. The summed E-state index contributed by atoms with van der Waals surface area (Å²) in [7, 11) is 0. The zero-order chi connectivity index (χ0) is 14.0. The van der Waals surface area contributed by atoms with Gasteiger partial charge in [0.05, 0.1) is 12.2 Å². The molecule has 1 aromatic heterocycles. The molecule has 0 saturated heterocycles. The van der Waals surface area contributed by atoms with Gasteiger partial charge in [0, 0.05) is 5.92 Å². The van der Waals surface area contributed by atoms with E-state index in [2.05, 4.69) is 21.3 Å². The third kappa shape index (κ3) is 1.98. The molecule has 5 nitrogen and oxygen atoms in total. The molecule has 1 aliphatic rings. The molecule has 0 radical (unpaired) electrons. The van der Waals surface area contributed by atoms with Crippen LogP contribution in [0.4, 0.5) is 0 Å². The van der Waals surface area contributed by atoms with E-state index in [9.17, 15) is 10.4 Å². The summed E-state index contributed by atoms with van der Waals surface area (Å²) >= 11 is 0. The molecule has 1 saturated carbocycles. The second kappa shape index (κ2) is 5.06. The Morgan fingerprint density at radius 1 is 1.35 bits per heavy atom. The Labute approximate surface area is 117 Å². The fourth-order valence-corrected chi connectivity index (χ4v) is 3.08. The smallest absolute Gasteiger partial charge is 0.137 e. The Morgan fingerprint density at radius 3 is 2.75 bits per heavy atom. The molecular weight excluding hydrogens is 252 g/mol. The van der Waals surface area contributed by atoms with Crippen LogP contribution in [0.2, 0.25) is 0 Å². The fraction of sp³-hybridized carbons (Fsp3) is 0.400. The first-order valence-electron chi connectivity index (χ1n) is 6.76. The number of aromatic nitrogens is 3.